The van der Waals surface area contributed by atoms with Gasteiger partial charge in [-0.25, -0.2) is 9.67 Å². The number of fused-ring (bicyclic) bond motifs is 3. The topological polar surface area (TPSA) is 106 Å². The van der Waals surface area contributed by atoms with Gasteiger partial charge in [0, 0.05) is 16.8 Å². The maximum Gasteiger partial charge on any atom is 0.252 e. The van der Waals surface area contributed by atoms with Gasteiger partial charge in [-0.2, -0.15) is 5.26 Å². The standard InChI is InChI=1S/C18H13N5O3/c1-25-16-6-12-11-4-2-3-5-14(11)26-15(12)7-13(16)21-18(24)9-23-10-20-17(8-19)22-23/h2-7,10H,9H2,1H3,(H,21,24). The van der Waals surface area contributed by atoms with Crippen molar-refractivity contribution in [2.45, 2.75) is 6.54 Å². The number of rotatable bonds is 4. The Balaban J connectivity index is 1.65. The lowest BCUT2D eigenvalue weighted by atomic mass is 10.1. The van der Waals surface area contributed by atoms with Gasteiger partial charge in [0.1, 0.15) is 35.9 Å². The van der Waals surface area contributed by atoms with Gasteiger partial charge < -0.3 is 14.5 Å². The number of benzene rings is 2. The molecule has 2 aromatic carbocycles. The Morgan fingerprint density at radius 1 is 1.31 bits per heavy atom. The normalized spacial score (nSPS) is 10.8. The van der Waals surface area contributed by atoms with E-state index in [1.54, 1.807) is 6.07 Å². The molecule has 2 aromatic heterocycles. The van der Waals surface area contributed by atoms with Gasteiger partial charge in [-0.1, -0.05) is 18.2 Å². The predicted molar refractivity (Wildman–Crippen MR) is 93.6 cm³/mol. The van der Waals surface area contributed by atoms with Gasteiger partial charge in [0.15, 0.2) is 0 Å². The summed E-state index contributed by atoms with van der Waals surface area (Å²) < 4.78 is 12.5. The smallest absolute Gasteiger partial charge is 0.252 e. The van der Waals surface area contributed by atoms with E-state index >= 15 is 0 Å². The monoisotopic (exact) mass is 347 g/mol. The van der Waals surface area contributed by atoms with Crippen LogP contribution in [0.1, 0.15) is 5.82 Å². The van der Waals surface area contributed by atoms with Crippen molar-refractivity contribution in [2.24, 2.45) is 0 Å². The SMILES string of the molecule is COc1cc2c(cc1NC(=O)Cn1cnc(C#N)n1)oc1ccccc12. The molecule has 0 saturated heterocycles. The Bertz CT molecular complexity index is 1170. The molecule has 0 aliphatic rings. The summed E-state index contributed by atoms with van der Waals surface area (Å²) in [6.45, 7) is -0.0734. The average Bonchev–Trinajstić information content (AvgIpc) is 3.24. The Hall–Kier alpha value is -3.86. The van der Waals surface area contributed by atoms with E-state index < -0.39 is 0 Å². The first-order chi connectivity index (χ1) is 12.7. The zero-order valence-electron chi connectivity index (χ0n) is 13.8. The number of hydrogen-bond acceptors (Lipinski definition) is 6. The summed E-state index contributed by atoms with van der Waals surface area (Å²) in [5.41, 5.74) is 1.90. The van der Waals surface area contributed by atoms with Crippen LogP contribution < -0.4 is 10.1 Å². The highest BCUT2D eigenvalue weighted by atomic mass is 16.5. The molecule has 26 heavy (non-hydrogen) atoms. The van der Waals surface area contributed by atoms with Crippen molar-refractivity contribution in [2.75, 3.05) is 12.4 Å². The second kappa shape index (κ2) is 6.22. The molecule has 0 aliphatic heterocycles. The third-order valence-electron chi connectivity index (χ3n) is 3.92. The van der Waals surface area contributed by atoms with E-state index in [-0.39, 0.29) is 18.3 Å². The minimum atomic E-state index is -0.326. The van der Waals surface area contributed by atoms with Crippen LogP contribution in [0.2, 0.25) is 0 Å². The number of amides is 1. The number of carbonyl (C=O) groups excluding carboxylic acids is 1. The van der Waals surface area contributed by atoms with Gasteiger partial charge in [-0.3, -0.25) is 4.79 Å². The first kappa shape index (κ1) is 15.7. The molecular formula is C18H13N5O3. The fraction of sp³-hybridized carbons (Fsp3) is 0.111. The first-order valence-electron chi connectivity index (χ1n) is 7.76. The van der Waals surface area contributed by atoms with Crippen molar-refractivity contribution >= 4 is 33.5 Å². The molecule has 4 rings (SSSR count). The number of aromatic nitrogens is 3. The Morgan fingerprint density at radius 3 is 2.92 bits per heavy atom. The second-order valence-corrected chi connectivity index (χ2v) is 5.57. The van der Waals surface area contributed by atoms with Gasteiger partial charge >= 0.3 is 0 Å². The maximum absolute atomic E-state index is 12.3. The number of carbonyl (C=O) groups is 1. The molecular weight excluding hydrogens is 334 g/mol. The van der Waals surface area contributed by atoms with Crippen LogP contribution in [0.3, 0.4) is 0 Å². The number of para-hydroxylation sites is 1. The van der Waals surface area contributed by atoms with Crippen LogP contribution in [0.15, 0.2) is 47.1 Å². The molecule has 0 unspecified atom stereocenters. The molecule has 0 aliphatic carbocycles. The molecule has 1 N–H and O–H groups in total. The van der Waals surface area contributed by atoms with Gasteiger partial charge in [-0.15, -0.1) is 5.10 Å². The van der Waals surface area contributed by atoms with Crippen molar-refractivity contribution in [3.8, 4) is 11.8 Å². The van der Waals surface area contributed by atoms with E-state index in [1.807, 2.05) is 36.4 Å². The van der Waals surface area contributed by atoms with E-state index in [9.17, 15) is 4.79 Å². The third kappa shape index (κ3) is 2.71. The molecule has 128 valence electrons. The lowest BCUT2D eigenvalue weighted by molar-refractivity contribution is -0.116. The second-order valence-electron chi connectivity index (χ2n) is 5.57. The molecule has 0 spiro atoms. The van der Waals surface area contributed by atoms with Gasteiger partial charge in [0.05, 0.1) is 12.8 Å². The maximum atomic E-state index is 12.3. The van der Waals surface area contributed by atoms with E-state index in [2.05, 4.69) is 15.4 Å². The van der Waals surface area contributed by atoms with E-state index in [4.69, 9.17) is 14.4 Å². The highest BCUT2D eigenvalue weighted by Gasteiger charge is 2.14. The number of methoxy groups -OCH3 is 1. The lowest BCUT2D eigenvalue weighted by Gasteiger charge is -2.10. The van der Waals surface area contributed by atoms with E-state index in [0.29, 0.717) is 17.0 Å². The number of furan rings is 1. The number of hydrogen-bond donors (Lipinski definition) is 1. The molecule has 4 aromatic rings. The lowest BCUT2D eigenvalue weighted by Crippen LogP contribution is -2.19. The Labute approximate surface area is 147 Å². The highest BCUT2D eigenvalue weighted by Crippen LogP contribution is 2.36. The van der Waals surface area contributed by atoms with Gasteiger partial charge in [0.2, 0.25) is 5.91 Å². The van der Waals surface area contributed by atoms with Crippen LogP contribution in [0.5, 0.6) is 5.75 Å². The first-order valence-corrected chi connectivity index (χ1v) is 7.76. The van der Waals surface area contributed by atoms with Crippen LogP contribution >= 0.6 is 0 Å². The van der Waals surface area contributed by atoms with Crippen LogP contribution in [0, 0.1) is 11.3 Å². The van der Waals surface area contributed by atoms with Crippen molar-refractivity contribution in [3.05, 3.63) is 48.5 Å². The summed E-state index contributed by atoms with van der Waals surface area (Å²) in [5.74, 6) is 0.209. The van der Waals surface area contributed by atoms with Gasteiger partial charge in [-0.05, 0) is 12.1 Å². The summed E-state index contributed by atoms with van der Waals surface area (Å²) in [6, 6.07) is 13.1. The summed E-state index contributed by atoms with van der Waals surface area (Å²) in [6.07, 6.45) is 1.33. The Morgan fingerprint density at radius 2 is 2.15 bits per heavy atom. The van der Waals surface area contributed by atoms with Crippen molar-refractivity contribution in [3.63, 3.8) is 0 Å². The summed E-state index contributed by atoms with van der Waals surface area (Å²) in [5, 5.41) is 17.3. The zero-order valence-corrected chi connectivity index (χ0v) is 13.8. The van der Waals surface area contributed by atoms with Crippen molar-refractivity contribution in [1.82, 2.24) is 14.8 Å². The molecule has 0 fully saturated rings. The minimum Gasteiger partial charge on any atom is -0.495 e. The third-order valence-corrected chi connectivity index (χ3v) is 3.92. The largest absolute Gasteiger partial charge is 0.495 e. The predicted octanol–water partition coefficient (Wildman–Crippen LogP) is 2.70. The molecule has 0 radical (unpaired) electrons. The van der Waals surface area contributed by atoms with Crippen molar-refractivity contribution < 1.29 is 13.9 Å². The molecule has 0 saturated carbocycles. The quantitative estimate of drug-likeness (QED) is 0.608. The van der Waals surface area contributed by atoms with E-state index in [0.717, 1.165) is 16.4 Å². The average molecular weight is 347 g/mol. The molecule has 8 heteroatoms. The van der Waals surface area contributed by atoms with Crippen molar-refractivity contribution in [1.29, 1.82) is 5.26 Å². The van der Waals surface area contributed by atoms with Crippen LogP contribution in [0.4, 0.5) is 5.69 Å². The number of ether oxygens (including phenoxy) is 1. The highest BCUT2D eigenvalue weighted by molar-refractivity contribution is 6.07. The molecule has 0 atom stereocenters. The van der Waals surface area contributed by atoms with Crippen LogP contribution in [-0.2, 0) is 11.3 Å². The number of nitrogens with one attached hydrogen (secondary N) is 1. The van der Waals surface area contributed by atoms with Gasteiger partial charge in [0.25, 0.3) is 5.82 Å². The summed E-state index contributed by atoms with van der Waals surface area (Å²) in [7, 11) is 1.54. The molecule has 0 bridgehead atoms. The molecule has 2 heterocycles. The minimum absolute atomic E-state index is 0.0130. The number of nitrogens with zero attached hydrogens (tertiary/aromatic N) is 4. The fourth-order valence-corrected chi connectivity index (χ4v) is 2.78. The fourth-order valence-electron chi connectivity index (χ4n) is 2.78. The summed E-state index contributed by atoms with van der Waals surface area (Å²) in [4.78, 5) is 16.1. The Kier molecular flexibility index (Phi) is 3.74. The molecule has 8 nitrogen and oxygen atoms in total. The summed E-state index contributed by atoms with van der Waals surface area (Å²) >= 11 is 0. The zero-order chi connectivity index (χ0) is 18.1. The molecule has 1 amide bonds. The number of anilines is 1. The van der Waals surface area contributed by atoms with E-state index in [1.165, 1.54) is 18.1 Å². The van der Waals surface area contributed by atoms with Crippen LogP contribution in [0.25, 0.3) is 21.9 Å². The number of nitriles is 1. The van der Waals surface area contributed by atoms with Crippen LogP contribution in [-0.4, -0.2) is 27.8 Å².